The minimum atomic E-state index is 0.781. The van der Waals surface area contributed by atoms with Crippen LogP contribution in [0.2, 0.25) is 0 Å². The summed E-state index contributed by atoms with van der Waals surface area (Å²) in [6, 6.07) is 8.42. The number of hydrogen-bond acceptors (Lipinski definition) is 2. The van der Waals surface area contributed by atoms with Crippen LogP contribution in [-0.2, 0) is 10.1 Å². The van der Waals surface area contributed by atoms with Gasteiger partial charge in [-0.1, -0.05) is 34.1 Å². The highest BCUT2D eigenvalue weighted by atomic mass is 79.9. The van der Waals surface area contributed by atoms with E-state index in [9.17, 15) is 0 Å². The van der Waals surface area contributed by atoms with Gasteiger partial charge in [-0.05, 0) is 18.6 Å². The molecule has 84 valence electrons. The minimum Gasteiger partial charge on any atom is -0.380 e. The molecule has 0 aromatic heterocycles. The van der Waals surface area contributed by atoms with Gasteiger partial charge in [0.25, 0.3) is 0 Å². The van der Waals surface area contributed by atoms with Gasteiger partial charge in [0.2, 0.25) is 0 Å². The predicted molar refractivity (Wildman–Crippen MR) is 68.8 cm³/mol. The summed E-state index contributed by atoms with van der Waals surface area (Å²) in [4.78, 5) is 2.23. The maximum atomic E-state index is 5.35. The molecule has 3 heteroatoms. The normalized spacial score (nSPS) is 10.3. The second-order valence-corrected chi connectivity index (χ2v) is 3.94. The van der Waals surface area contributed by atoms with Gasteiger partial charge >= 0.3 is 0 Å². The standard InChI is InChI=1S/C12H18BrNO/c1-3-15-9-8-14(2)12-7-5-4-6-11(12)10-13/h4-7H,3,8-10H2,1-2H3. The molecule has 0 saturated carbocycles. The molecule has 0 bridgehead atoms. The van der Waals surface area contributed by atoms with Gasteiger partial charge in [-0.15, -0.1) is 0 Å². The Kier molecular flexibility index (Phi) is 5.73. The molecule has 0 heterocycles. The van der Waals surface area contributed by atoms with Gasteiger partial charge in [0, 0.05) is 31.2 Å². The molecule has 0 aliphatic carbocycles. The molecule has 2 nitrogen and oxygen atoms in total. The lowest BCUT2D eigenvalue weighted by molar-refractivity contribution is 0.154. The largest absolute Gasteiger partial charge is 0.380 e. The minimum absolute atomic E-state index is 0.781. The summed E-state index contributed by atoms with van der Waals surface area (Å²) < 4.78 is 5.35. The van der Waals surface area contributed by atoms with Gasteiger partial charge in [0.1, 0.15) is 0 Å². The zero-order valence-corrected chi connectivity index (χ0v) is 11.0. The van der Waals surface area contributed by atoms with Gasteiger partial charge < -0.3 is 9.64 Å². The van der Waals surface area contributed by atoms with Crippen molar-refractivity contribution in [3.8, 4) is 0 Å². The average molecular weight is 272 g/mol. The van der Waals surface area contributed by atoms with Crippen molar-refractivity contribution < 1.29 is 4.74 Å². The Morgan fingerprint density at radius 2 is 2.07 bits per heavy atom. The van der Waals surface area contributed by atoms with E-state index in [4.69, 9.17) is 4.74 Å². The predicted octanol–water partition coefficient (Wildman–Crippen LogP) is 3.05. The van der Waals surface area contributed by atoms with Gasteiger partial charge in [0.05, 0.1) is 6.61 Å². The fraction of sp³-hybridized carbons (Fsp3) is 0.500. The number of ether oxygens (including phenoxy) is 1. The van der Waals surface area contributed by atoms with Crippen molar-refractivity contribution in [2.75, 3.05) is 31.7 Å². The quantitative estimate of drug-likeness (QED) is 0.583. The van der Waals surface area contributed by atoms with Crippen LogP contribution in [0.1, 0.15) is 12.5 Å². The highest BCUT2D eigenvalue weighted by Crippen LogP contribution is 2.21. The number of para-hydroxylation sites is 1. The van der Waals surface area contributed by atoms with Crippen LogP contribution >= 0.6 is 15.9 Å². The van der Waals surface area contributed by atoms with Crippen LogP contribution in [0.25, 0.3) is 0 Å². The molecular weight excluding hydrogens is 254 g/mol. The molecule has 0 N–H and O–H groups in total. The van der Waals surface area contributed by atoms with Gasteiger partial charge in [0.15, 0.2) is 0 Å². The molecule has 0 atom stereocenters. The topological polar surface area (TPSA) is 12.5 Å². The second-order valence-electron chi connectivity index (χ2n) is 3.38. The Bertz CT molecular complexity index is 291. The lowest BCUT2D eigenvalue weighted by Gasteiger charge is -2.21. The lowest BCUT2D eigenvalue weighted by atomic mass is 10.2. The summed E-state index contributed by atoms with van der Waals surface area (Å²) in [6.45, 7) is 4.52. The Morgan fingerprint density at radius 3 is 2.73 bits per heavy atom. The number of anilines is 1. The van der Waals surface area contributed by atoms with Crippen LogP contribution in [0.15, 0.2) is 24.3 Å². The third-order valence-corrected chi connectivity index (χ3v) is 2.93. The molecule has 1 aromatic rings. The van der Waals surface area contributed by atoms with E-state index < -0.39 is 0 Å². The summed E-state index contributed by atoms with van der Waals surface area (Å²) in [5, 5.41) is 0.891. The molecule has 1 rings (SSSR count). The fourth-order valence-electron chi connectivity index (χ4n) is 1.46. The van der Waals surface area contributed by atoms with E-state index in [0.29, 0.717) is 0 Å². The molecular formula is C12H18BrNO. The Labute approximate surface area is 100 Å². The van der Waals surface area contributed by atoms with E-state index in [0.717, 1.165) is 25.1 Å². The number of rotatable bonds is 6. The van der Waals surface area contributed by atoms with Crippen molar-refractivity contribution in [1.29, 1.82) is 0 Å². The van der Waals surface area contributed by atoms with Gasteiger partial charge in [-0.2, -0.15) is 0 Å². The third kappa shape index (κ3) is 3.84. The summed E-state index contributed by atoms with van der Waals surface area (Å²) in [5.74, 6) is 0. The summed E-state index contributed by atoms with van der Waals surface area (Å²) in [6.07, 6.45) is 0. The van der Waals surface area contributed by atoms with Gasteiger partial charge in [-0.3, -0.25) is 0 Å². The van der Waals surface area contributed by atoms with Crippen LogP contribution in [0, 0.1) is 0 Å². The SMILES string of the molecule is CCOCCN(C)c1ccccc1CBr. The first-order valence-corrected chi connectivity index (χ1v) is 6.34. The molecule has 0 aliphatic heterocycles. The highest BCUT2D eigenvalue weighted by Gasteiger charge is 2.04. The number of halogens is 1. The van der Waals surface area contributed by atoms with E-state index in [2.05, 4.69) is 52.1 Å². The van der Waals surface area contributed by atoms with E-state index in [1.54, 1.807) is 0 Å². The first kappa shape index (κ1) is 12.5. The van der Waals surface area contributed by atoms with Crippen LogP contribution in [-0.4, -0.2) is 26.8 Å². The Balaban J connectivity index is 2.59. The Morgan fingerprint density at radius 1 is 1.33 bits per heavy atom. The molecule has 1 aromatic carbocycles. The molecule has 0 fully saturated rings. The van der Waals surface area contributed by atoms with Crippen molar-refractivity contribution in [3.63, 3.8) is 0 Å². The zero-order valence-electron chi connectivity index (χ0n) is 9.37. The summed E-state index contributed by atoms with van der Waals surface area (Å²) >= 11 is 3.50. The van der Waals surface area contributed by atoms with Crippen molar-refractivity contribution in [1.82, 2.24) is 0 Å². The average Bonchev–Trinajstić information content (AvgIpc) is 2.29. The van der Waals surface area contributed by atoms with Crippen LogP contribution in [0.5, 0.6) is 0 Å². The highest BCUT2D eigenvalue weighted by molar-refractivity contribution is 9.08. The number of alkyl halides is 1. The van der Waals surface area contributed by atoms with E-state index >= 15 is 0 Å². The smallest absolute Gasteiger partial charge is 0.0641 e. The van der Waals surface area contributed by atoms with E-state index in [1.165, 1.54) is 11.3 Å². The summed E-state index contributed by atoms with van der Waals surface area (Å²) in [7, 11) is 2.10. The molecule has 0 aliphatic rings. The van der Waals surface area contributed by atoms with Crippen molar-refractivity contribution in [2.24, 2.45) is 0 Å². The maximum Gasteiger partial charge on any atom is 0.0641 e. The number of hydrogen-bond donors (Lipinski definition) is 0. The van der Waals surface area contributed by atoms with Crippen LogP contribution < -0.4 is 4.90 Å². The zero-order chi connectivity index (χ0) is 11.1. The first-order chi connectivity index (χ1) is 7.29. The molecule has 0 amide bonds. The molecule has 0 spiro atoms. The third-order valence-electron chi connectivity index (χ3n) is 2.32. The second kappa shape index (κ2) is 6.85. The van der Waals surface area contributed by atoms with Crippen LogP contribution in [0.3, 0.4) is 0 Å². The van der Waals surface area contributed by atoms with Crippen molar-refractivity contribution in [2.45, 2.75) is 12.3 Å². The number of nitrogens with zero attached hydrogens (tertiary/aromatic N) is 1. The van der Waals surface area contributed by atoms with E-state index in [1.807, 2.05) is 6.92 Å². The van der Waals surface area contributed by atoms with Gasteiger partial charge in [-0.25, -0.2) is 0 Å². The van der Waals surface area contributed by atoms with E-state index in [-0.39, 0.29) is 0 Å². The molecule has 0 saturated heterocycles. The van der Waals surface area contributed by atoms with Crippen LogP contribution in [0.4, 0.5) is 5.69 Å². The molecule has 0 radical (unpaired) electrons. The maximum absolute atomic E-state index is 5.35. The first-order valence-electron chi connectivity index (χ1n) is 5.22. The number of benzene rings is 1. The monoisotopic (exact) mass is 271 g/mol. The van der Waals surface area contributed by atoms with Crippen molar-refractivity contribution >= 4 is 21.6 Å². The lowest BCUT2D eigenvalue weighted by Crippen LogP contribution is -2.23. The number of likely N-dealkylation sites (N-methyl/N-ethyl adjacent to an activating group) is 1. The fourth-order valence-corrected chi connectivity index (χ4v) is 1.94. The molecule has 0 unspecified atom stereocenters. The Hall–Kier alpha value is -0.540. The molecule has 15 heavy (non-hydrogen) atoms. The summed E-state index contributed by atoms with van der Waals surface area (Å²) in [5.41, 5.74) is 2.59. The van der Waals surface area contributed by atoms with Crippen molar-refractivity contribution in [3.05, 3.63) is 29.8 Å².